The van der Waals surface area contributed by atoms with Crippen LogP contribution in [0.2, 0.25) is 0 Å². The molecule has 0 aliphatic carbocycles. The highest BCUT2D eigenvalue weighted by atomic mass is 16.3. The van der Waals surface area contributed by atoms with Gasteiger partial charge < -0.3 is 9.73 Å². The van der Waals surface area contributed by atoms with Crippen molar-refractivity contribution in [1.29, 1.82) is 0 Å². The number of benzene rings is 1. The molecule has 1 N–H and O–H groups in total. The Morgan fingerprint density at radius 2 is 1.95 bits per heavy atom. The lowest BCUT2D eigenvalue weighted by Crippen LogP contribution is -2.09. The fraction of sp³-hybridized carbons (Fsp3) is 0.235. The first kappa shape index (κ1) is 14.1. The summed E-state index contributed by atoms with van der Waals surface area (Å²) in [5, 5.41) is 2.89. The van der Waals surface area contributed by atoms with Gasteiger partial charge in [-0.1, -0.05) is 32.0 Å². The molecule has 0 aliphatic heterocycles. The van der Waals surface area contributed by atoms with Crippen LogP contribution in [0.5, 0.6) is 0 Å². The summed E-state index contributed by atoms with van der Waals surface area (Å²) in [4.78, 5) is 11.9. The van der Waals surface area contributed by atoms with Crippen molar-refractivity contribution >= 4 is 17.7 Å². The van der Waals surface area contributed by atoms with E-state index < -0.39 is 0 Å². The molecule has 1 aromatic carbocycles. The number of para-hydroxylation sites is 1. The van der Waals surface area contributed by atoms with Crippen molar-refractivity contribution < 1.29 is 9.21 Å². The molecule has 104 valence electrons. The van der Waals surface area contributed by atoms with Crippen LogP contribution in [0.3, 0.4) is 0 Å². The average molecular weight is 269 g/mol. The molecule has 2 rings (SSSR count). The summed E-state index contributed by atoms with van der Waals surface area (Å²) in [5.74, 6) is 1.46. The Balaban J connectivity index is 2.01. The molecule has 20 heavy (non-hydrogen) atoms. The highest BCUT2D eigenvalue weighted by molar-refractivity contribution is 6.02. The van der Waals surface area contributed by atoms with E-state index >= 15 is 0 Å². The number of furan rings is 1. The minimum atomic E-state index is -0.152. The third-order valence-electron chi connectivity index (χ3n) is 3.09. The van der Waals surface area contributed by atoms with Gasteiger partial charge in [0.25, 0.3) is 0 Å². The number of carbonyl (C=O) groups is 1. The van der Waals surface area contributed by atoms with Crippen LogP contribution >= 0.6 is 0 Å². The largest absolute Gasteiger partial charge is 0.462 e. The fourth-order valence-corrected chi connectivity index (χ4v) is 1.96. The summed E-state index contributed by atoms with van der Waals surface area (Å²) in [6.07, 6.45) is 4.91. The standard InChI is InChI=1S/C17H19NO2/c1-3-13-7-5-6-8-16(13)18-17(19)12-11-15-10-9-14(4-2)20-15/h5-12H,3-4H2,1-2H3,(H,18,19). The van der Waals surface area contributed by atoms with Gasteiger partial charge in [-0.3, -0.25) is 4.79 Å². The lowest BCUT2D eigenvalue weighted by Gasteiger charge is -2.07. The molecular formula is C17H19NO2. The molecule has 0 unspecified atom stereocenters. The number of carbonyl (C=O) groups excluding carboxylic acids is 1. The maximum atomic E-state index is 11.9. The van der Waals surface area contributed by atoms with Crippen LogP contribution in [0.1, 0.15) is 30.9 Å². The number of amides is 1. The molecule has 0 spiro atoms. The van der Waals surface area contributed by atoms with Gasteiger partial charge in [0, 0.05) is 18.2 Å². The fourth-order valence-electron chi connectivity index (χ4n) is 1.96. The summed E-state index contributed by atoms with van der Waals surface area (Å²) in [5.41, 5.74) is 1.99. The number of aryl methyl sites for hydroxylation is 2. The van der Waals surface area contributed by atoms with Gasteiger partial charge in [-0.2, -0.15) is 0 Å². The van der Waals surface area contributed by atoms with Gasteiger partial charge >= 0.3 is 0 Å². The van der Waals surface area contributed by atoms with Crippen LogP contribution in [0.25, 0.3) is 6.08 Å². The molecule has 0 fully saturated rings. The van der Waals surface area contributed by atoms with Crippen LogP contribution in [-0.4, -0.2) is 5.91 Å². The van der Waals surface area contributed by atoms with Crippen LogP contribution in [0.15, 0.2) is 46.9 Å². The van der Waals surface area contributed by atoms with Crippen molar-refractivity contribution in [3.05, 3.63) is 59.6 Å². The zero-order valence-corrected chi connectivity index (χ0v) is 11.8. The van der Waals surface area contributed by atoms with Gasteiger partial charge in [0.2, 0.25) is 5.91 Å². The van der Waals surface area contributed by atoms with Gasteiger partial charge in [-0.25, -0.2) is 0 Å². The first-order valence-corrected chi connectivity index (χ1v) is 6.88. The smallest absolute Gasteiger partial charge is 0.248 e. The summed E-state index contributed by atoms with van der Waals surface area (Å²) in [6.45, 7) is 4.09. The molecule has 1 aromatic heterocycles. The highest BCUT2D eigenvalue weighted by Gasteiger charge is 2.03. The summed E-state index contributed by atoms with van der Waals surface area (Å²) in [7, 11) is 0. The zero-order chi connectivity index (χ0) is 14.4. The Morgan fingerprint density at radius 3 is 2.65 bits per heavy atom. The third-order valence-corrected chi connectivity index (χ3v) is 3.09. The van der Waals surface area contributed by atoms with Crippen LogP contribution in [0, 0.1) is 0 Å². The van der Waals surface area contributed by atoms with E-state index in [0.717, 1.165) is 29.9 Å². The monoisotopic (exact) mass is 269 g/mol. The minimum Gasteiger partial charge on any atom is -0.462 e. The quantitative estimate of drug-likeness (QED) is 0.832. The first-order valence-electron chi connectivity index (χ1n) is 6.88. The maximum absolute atomic E-state index is 11.9. The van der Waals surface area contributed by atoms with Crippen LogP contribution in [-0.2, 0) is 17.6 Å². The molecular weight excluding hydrogens is 250 g/mol. The average Bonchev–Trinajstić information content (AvgIpc) is 2.94. The van der Waals surface area contributed by atoms with E-state index in [9.17, 15) is 4.79 Å². The predicted molar refractivity (Wildman–Crippen MR) is 81.6 cm³/mol. The van der Waals surface area contributed by atoms with Gasteiger partial charge in [-0.05, 0) is 36.3 Å². The summed E-state index contributed by atoms with van der Waals surface area (Å²) in [6, 6.07) is 11.6. The Morgan fingerprint density at radius 1 is 1.15 bits per heavy atom. The molecule has 0 atom stereocenters. The number of anilines is 1. The van der Waals surface area contributed by atoms with Gasteiger partial charge in [0.1, 0.15) is 11.5 Å². The topological polar surface area (TPSA) is 42.2 Å². The summed E-state index contributed by atoms with van der Waals surface area (Å²) >= 11 is 0. The van der Waals surface area contributed by atoms with Crippen molar-refractivity contribution in [3.8, 4) is 0 Å². The number of rotatable bonds is 5. The van der Waals surface area contributed by atoms with Gasteiger partial charge in [0.15, 0.2) is 0 Å². The number of hydrogen-bond acceptors (Lipinski definition) is 2. The van der Waals surface area contributed by atoms with Crippen LogP contribution < -0.4 is 5.32 Å². The summed E-state index contributed by atoms with van der Waals surface area (Å²) < 4.78 is 5.51. The Bertz CT molecular complexity index is 611. The first-order chi connectivity index (χ1) is 9.72. The molecule has 1 heterocycles. The van der Waals surface area contributed by atoms with Crippen LogP contribution in [0.4, 0.5) is 5.69 Å². The Hall–Kier alpha value is -2.29. The molecule has 0 bridgehead atoms. The second-order valence-electron chi connectivity index (χ2n) is 4.49. The molecule has 0 aliphatic rings. The van der Waals surface area contributed by atoms with E-state index in [1.807, 2.05) is 43.3 Å². The van der Waals surface area contributed by atoms with Crippen molar-refractivity contribution in [3.63, 3.8) is 0 Å². The van der Waals surface area contributed by atoms with Crippen molar-refractivity contribution in [1.82, 2.24) is 0 Å². The Labute approximate surface area is 119 Å². The second kappa shape index (κ2) is 6.75. The lowest BCUT2D eigenvalue weighted by molar-refractivity contribution is -0.111. The SMILES string of the molecule is CCc1ccc(C=CC(=O)Nc2ccccc2CC)o1. The second-order valence-corrected chi connectivity index (χ2v) is 4.49. The zero-order valence-electron chi connectivity index (χ0n) is 11.8. The number of hydrogen-bond donors (Lipinski definition) is 1. The molecule has 3 nitrogen and oxygen atoms in total. The van der Waals surface area contributed by atoms with E-state index in [4.69, 9.17) is 4.42 Å². The maximum Gasteiger partial charge on any atom is 0.248 e. The van der Waals surface area contributed by atoms with E-state index in [0.29, 0.717) is 5.76 Å². The van der Waals surface area contributed by atoms with Gasteiger partial charge in [-0.15, -0.1) is 0 Å². The normalized spacial score (nSPS) is 10.9. The minimum absolute atomic E-state index is 0.152. The number of nitrogens with one attached hydrogen (secondary N) is 1. The molecule has 1 amide bonds. The molecule has 0 radical (unpaired) electrons. The van der Waals surface area contributed by atoms with Crippen molar-refractivity contribution in [2.24, 2.45) is 0 Å². The van der Waals surface area contributed by atoms with E-state index in [2.05, 4.69) is 12.2 Å². The molecule has 0 saturated carbocycles. The third kappa shape index (κ3) is 3.60. The molecule has 3 heteroatoms. The van der Waals surface area contributed by atoms with Crippen molar-refractivity contribution in [2.45, 2.75) is 26.7 Å². The highest BCUT2D eigenvalue weighted by Crippen LogP contribution is 2.15. The Kier molecular flexibility index (Phi) is 4.77. The molecule has 0 saturated heterocycles. The van der Waals surface area contributed by atoms with Crippen molar-refractivity contribution in [2.75, 3.05) is 5.32 Å². The van der Waals surface area contributed by atoms with E-state index in [1.54, 1.807) is 6.08 Å². The van der Waals surface area contributed by atoms with Gasteiger partial charge in [0.05, 0.1) is 0 Å². The lowest BCUT2D eigenvalue weighted by atomic mass is 10.1. The molecule has 2 aromatic rings. The van der Waals surface area contributed by atoms with E-state index in [1.165, 1.54) is 6.08 Å². The predicted octanol–water partition coefficient (Wildman–Crippen LogP) is 4.06. The van der Waals surface area contributed by atoms with E-state index in [-0.39, 0.29) is 5.91 Å².